The van der Waals surface area contributed by atoms with E-state index in [2.05, 4.69) is 52.1 Å². The number of nitrogens with zero attached hydrogens (tertiary/aromatic N) is 1. The zero-order chi connectivity index (χ0) is 17.9. The van der Waals surface area contributed by atoms with Crippen molar-refractivity contribution in [1.82, 2.24) is 16.0 Å². The first-order chi connectivity index (χ1) is 12.2. The van der Waals surface area contributed by atoms with Crippen LogP contribution in [-0.4, -0.2) is 32.0 Å². The Morgan fingerprint density at radius 1 is 1.04 bits per heavy atom. The fourth-order valence-electron chi connectivity index (χ4n) is 2.47. The summed E-state index contributed by atoms with van der Waals surface area (Å²) >= 11 is 1.45. The number of benzene rings is 1. The quantitative estimate of drug-likeness (QED) is 0.386. The van der Waals surface area contributed by atoms with Gasteiger partial charge in [0.2, 0.25) is 0 Å². The van der Waals surface area contributed by atoms with E-state index in [9.17, 15) is 4.79 Å². The summed E-state index contributed by atoms with van der Waals surface area (Å²) in [6.45, 7) is 4.30. The molecule has 0 saturated heterocycles. The molecule has 2 aromatic rings. The molecule has 0 bridgehead atoms. The predicted molar refractivity (Wildman–Crippen MR) is 105 cm³/mol. The highest BCUT2D eigenvalue weighted by Crippen LogP contribution is 2.09. The second-order valence-electron chi connectivity index (χ2n) is 5.56. The Morgan fingerprint density at radius 2 is 1.80 bits per heavy atom. The molecular weight excluding hydrogens is 332 g/mol. The lowest BCUT2D eigenvalue weighted by molar-refractivity contribution is 0.0957. The monoisotopic (exact) mass is 358 g/mol. The summed E-state index contributed by atoms with van der Waals surface area (Å²) in [6.07, 6.45) is 1.86. The smallest absolute Gasteiger partial charge is 0.261 e. The molecule has 0 unspecified atom stereocenters. The van der Waals surface area contributed by atoms with E-state index in [-0.39, 0.29) is 5.91 Å². The number of aliphatic imine (C=N–C) groups is 1. The summed E-state index contributed by atoms with van der Waals surface area (Å²) in [5.41, 5.74) is 2.64. The first-order valence-electron chi connectivity index (χ1n) is 8.57. The second-order valence-corrected chi connectivity index (χ2v) is 6.51. The topological polar surface area (TPSA) is 65.5 Å². The van der Waals surface area contributed by atoms with Crippen molar-refractivity contribution < 1.29 is 4.79 Å². The zero-order valence-electron chi connectivity index (χ0n) is 14.8. The van der Waals surface area contributed by atoms with Crippen LogP contribution in [0.3, 0.4) is 0 Å². The van der Waals surface area contributed by atoms with E-state index < -0.39 is 0 Å². The molecule has 0 saturated carbocycles. The lowest BCUT2D eigenvalue weighted by Crippen LogP contribution is -2.38. The first-order valence-corrected chi connectivity index (χ1v) is 9.45. The maximum absolute atomic E-state index is 11.8. The number of thiophene rings is 1. The fourth-order valence-corrected chi connectivity index (χ4v) is 3.11. The van der Waals surface area contributed by atoms with Gasteiger partial charge in [0.15, 0.2) is 5.96 Å². The van der Waals surface area contributed by atoms with Gasteiger partial charge in [-0.05, 0) is 35.4 Å². The van der Waals surface area contributed by atoms with Crippen LogP contribution in [0.5, 0.6) is 0 Å². The highest BCUT2D eigenvalue weighted by atomic mass is 32.1. The molecule has 3 N–H and O–H groups in total. The molecule has 2 rings (SSSR count). The third-order valence-corrected chi connectivity index (χ3v) is 4.71. The molecule has 1 amide bonds. The van der Waals surface area contributed by atoms with E-state index in [0.717, 1.165) is 36.8 Å². The van der Waals surface area contributed by atoms with Crippen LogP contribution in [0.1, 0.15) is 34.1 Å². The maximum Gasteiger partial charge on any atom is 0.261 e. The number of carbonyl (C=O) groups excluding carboxylic acids is 1. The lowest BCUT2D eigenvalue weighted by atomic mass is 10.1. The van der Waals surface area contributed by atoms with Gasteiger partial charge in [-0.15, -0.1) is 11.3 Å². The molecule has 1 aromatic carbocycles. The van der Waals surface area contributed by atoms with E-state index in [1.165, 1.54) is 22.5 Å². The average molecular weight is 359 g/mol. The van der Waals surface area contributed by atoms with Crippen LogP contribution in [0.4, 0.5) is 0 Å². The molecular formula is C19H26N4OS. The van der Waals surface area contributed by atoms with Gasteiger partial charge in [-0.3, -0.25) is 9.79 Å². The molecule has 0 aliphatic carbocycles. The number of hydrogen-bond acceptors (Lipinski definition) is 3. The van der Waals surface area contributed by atoms with Gasteiger partial charge in [-0.2, -0.15) is 0 Å². The lowest BCUT2D eigenvalue weighted by Gasteiger charge is -2.14. The fraction of sp³-hybridized carbons (Fsp3) is 0.368. The maximum atomic E-state index is 11.8. The molecule has 0 radical (unpaired) electrons. The first kappa shape index (κ1) is 19.0. The van der Waals surface area contributed by atoms with E-state index in [1.54, 1.807) is 7.05 Å². The van der Waals surface area contributed by atoms with E-state index in [1.807, 2.05) is 17.5 Å². The van der Waals surface area contributed by atoms with Crippen molar-refractivity contribution in [2.24, 2.45) is 4.99 Å². The summed E-state index contributed by atoms with van der Waals surface area (Å²) < 4.78 is 0. The largest absolute Gasteiger partial charge is 0.356 e. The molecule has 0 spiro atoms. The SMILES string of the molecule is CCc1ccccc1CNC(=NC)NCCCNC(=O)c1cccs1. The minimum Gasteiger partial charge on any atom is -0.356 e. The van der Waals surface area contributed by atoms with Gasteiger partial charge >= 0.3 is 0 Å². The highest BCUT2D eigenvalue weighted by molar-refractivity contribution is 7.12. The molecule has 0 aliphatic rings. The minimum absolute atomic E-state index is 0.00585. The van der Waals surface area contributed by atoms with Crippen molar-refractivity contribution in [2.45, 2.75) is 26.3 Å². The Bertz CT molecular complexity index is 682. The summed E-state index contributed by atoms with van der Waals surface area (Å²) in [5.74, 6) is 0.768. The van der Waals surface area contributed by atoms with Gasteiger partial charge in [-0.25, -0.2) is 0 Å². The third kappa shape index (κ3) is 6.23. The van der Waals surface area contributed by atoms with Crippen LogP contribution in [0.25, 0.3) is 0 Å². The number of aryl methyl sites for hydroxylation is 1. The van der Waals surface area contributed by atoms with Crippen molar-refractivity contribution >= 4 is 23.2 Å². The Labute approximate surface area is 153 Å². The summed E-state index contributed by atoms with van der Waals surface area (Å²) in [5, 5.41) is 11.4. The van der Waals surface area contributed by atoms with Crippen LogP contribution in [0.2, 0.25) is 0 Å². The number of guanidine groups is 1. The van der Waals surface area contributed by atoms with E-state index >= 15 is 0 Å². The molecule has 25 heavy (non-hydrogen) atoms. The molecule has 1 aromatic heterocycles. The van der Waals surface area contributed by atoms with Crippen molar-refractivity contribution in [3.05, 3.63) is 57.8 Å². The highest BCUT2D eigenvalue weighted by Gasteiger charge is 2.05. The molecule has 6 heteroatoms. The average Bonchev–Trinajstić information content (AvgIpc) is 3.19. The number of amides is 1. The van der Waals surface area contributed by atoms with Gasteiger partial charge in [0.1, 0.15) is 0 Å². The van der Waals surface area contributed by atoms with Gasteiger partial charge < -0.3 is 16.0 Å². The second kappa shape index (κ2) is 10.5. The van der Waals surface area contributed by atoms with E-state index in [0.29, 0.717) is 6.54 Å². The van der Waals surface area contributed by atoms with Crippen LogP contribution >= 0.6 is 11.3 Å². The standard InChI is InChI=1S/C19H26N4OS/c1-3-15-8-4-5-9-16(15)14-23-19(20-2)22-12-7-11-21-18(24)17-10-6-13-25-17/h4-6,8-10,13H,3,7,11-12,14H2,1-2H3,(H,21,24)(H2,20,22,23). The van der Waals surface area contributed by atoms with Crippen molar-refractivity contribution in [3.63, 3.8) is 0 Å². The van der Waals surface area contributed by atoms with Crippen molar-refractivity contribution in [2.75, 3.05) is 20.1 Å². The summed E-state index contributed by atoms with van der Waals surface area (Å²) in [6, 6.07) is 12.1. The molecule has 1 heterocycles. The zero-order valence-corrected chi connectivity index (χ0v) is 15.7. The van der Waals surface area contributed by atoms with Gasteiger partial charge in [-0.1, -0.05) is 37.3 Å². The molecule has 134 valence electrons. The number of hydrogen-bond donors (Lipinski definition) is 3. The third-order valence-electron chi connectivity index (χ3n) is 3.85. The molecule has 0 atom stereocenters. The molecule has 5 nitrogen and oxygen atoms in total. The van der Waals surface area contributed by atoms with Gasteiger partial charge in [0.25, 0.3) is 5.91 Å². The summed E-state index contributed by atoms with van der Waals surface area (Å²) in [4.78, 5) is 16.8. The summed E-state index contributed by atoms with van der Waals surface area (Å²) in [7, 11) is 1.76. The van der Waals surface area contributed by atoms with Crippen LogP contribution in [0.15, 0.2) is 46.8 Å². The normalized spacial score (nSPS) is 11.2. The van der Waals surface area contributed by atoms with Gasteiger partial charge in [0.05, 0.1) is 4.88 Å². The Morgan fingerprint density at radius 3 is 2.48 bits per heavy atom. The Balaban J connectivity index is 1.66. The molecule has 0 aliphatic heterocycles. The number of carbonyl (C=O) groups is 1. The van der Waals surface area contributed by atoms with Crippen LogP contribution in [0, 0.1) is 0 Å². The Hall–Kier alpha value is -2.34. The predicted octanol–water partition coefficient (Wildman–Crippen LogP) is 2.80. The van der Waals surface area contributed by atoms with Crippen LogP contribution in [-0.2, 0) is 13.0 Å². The number of nitrogens with one attached hydrogen (secondary N) is 3. The number of rotatable bonds is 8. The van der Waals surface area contributed by atoms with Crippen molar-refractivity contribution in [3.8, 4) is 0 Å². The van der Waals surface area contributed by atoms with Crippen LogP contribution < -0.4 is 16.0 Å². The minimum atomic E-state index is -0.00585. The van der Waals surface area contributed by atoms with Gasteiger partial charge in [0, 0.05) is 26.7 Å². The van der Waals surface area contributed by atoms with Crippen molar-refractivity contribution in [1.29, 1.82) is 0 Å². The molecule has 0 fully saturated rings. The van der Waals surface area contributed by atoms with E-state index in [4.69, 9.17) is 0 Å². The Kier molecular flexibility index (Phi) is 7.98.